The number of Topliss-reactive ketones (excluding diaryl/α,β-unsaturated/α-hetero) is 1. The van der Waals surface area contributed by atoms with Crippen molar-refractivity contribution in [2.45, 2.75) is 25.2 Å². The summed E-state index contributed by atoms with van der Waals surface area (Å²) in [6.45, 7) is 0. The molecule has 1 aliphatic heterocycles. The van der Waals surface area contributed by atoms with Crippen LogP contribution in [0, 0.1) is 5.92 Å². The second kappa shape index (κ2) is 8.78. The molecule has 2 atom stereocenters. The quantitative estimate of drug-likeness (QED) is 0.604. The summed E-state index contributed by atoms with van der Waals surface area (Å²) in [6, 6.07) is 19.9. The van der Waals surface area contributed by atoms with Crippen LogP contribution in [0.25, 0.3) is 0 Å². The summed E-state index contributed by atoms with van der Waals surface area (Å²) in [7, 11) is 0. The Bertz CT molecular complexity index is 1210. The van der Waals surface area contributed by atoms with Gasteiger partial charge >= 0.3 is 0 Å². The van der Waals surface area contributed by atoms with E-state index < -0.39 is 5.92 Å². The number of benzene rings is 2. The lowest BCUT2D eigenvalue weighted by atomic mass is 9.76. The zero-order valence-corrected chi connectivity index (χ0v) is 17.7. The fourth-order valence-electron chi connectivity index (χ4n) is 4.37. The first-order valence-electron chi connectivity index (χ1n) is 10.8. The summed E-state index contributed by atoms with van der Waals surface area (Å²) in [5.41, 5.74) is 1.49. The number of amides is 2. The molecule has 1 aromatic heterocycles. The summed E-state index contributed by atoms with van der Waals surface area (Å²) >= 11 is 0. The van der Waals surface area contributed by atoms with Gasteiger partial charge in [0.1, 0.15) is 17.3 Å². The number of carbonyl (C=O) groups excluding carboxylic acids is 3. The van der Waals surface area contributed by atoms with Crippen molar-refractivity contribution in [1.82, 2.24) is 5.32 Å². The summed E-state index contributed by atoms with van der Waals surface area (Å²) in [4.78, 5) is 38.4. The molecule has 0 saturated heterocycles. The van der Waals surface area contributed by atoms with Crippen molar-refractivity contribution in [2.75, 3.05) is 5.32 Å². The highest BCUT2D eigenvalue weighted by Crippen LogP contribution is 2.39. The van der Waals surface area contributed by atoms with Crippen LogP contribution in [0.4, 0.5) is 5.69 Å². The van der Waals surface area contributed by atoms with E-state index in [2.05, 4.69) is 10.6 Å². The zero-order valence-electron chi connectivity index (χ0n) is 17.7. The van der Waals surface area contributed by atoms with Crippen LogP contribution in [0.1, 0.15) is 30.9 Å². The number of furan rings is 1. The highest BCUT2D eigenvalue weighted by molar-refractivity contribution is 6.09. The number of nitrogens with one attached hydrogen (secondary N) is 2. The first-order valence-corrected chi connectivity index (χ1v) is 10.8. The summed E-state index contributed by atoms with van der Waals surface area (Å²) in [5, 5.41) is 5.64. The number of carbonyl (C=O) groups is 3. The van der Waals surface area contributed by atoms with Crippen LogP contribution in [0.5, 0.6) is 11.5 Å². The highest BCUT2D eigenvalue weighted by Gasteiger charge is 2.41. The van der Waals surface area contributed by atoms with Crippen LogP contribution in [0.3, 0.4) is 0 Å². The van der Waals surface area contributed by atoms with Crippen molar-refractivity contribution in [2.24, 2.45) is 5.92 Å². The monoisotopic (exact) mass is 442 g/mol. The lowest BCUT2D eigenvalue weighted by Crippen LogP contribution is -2.43. The van der Waals surface area contributed by atoms with Gasteiger partial charge in [-0.25, -0.2) is 0 Å². The lowest BCUT2D eigenvalue weighted by molar-refractivity contribution is -0.129. The van der Waals surface area contributed by atoms with Gasteiger partial charge in [0.05, 0.1) is 12.2 Å². The number of ether oxygens (including phenoxy) is 1. The standard InChI is InChI=1S/C26H22N2O5/c29-22-14-16(23-7-4-12-32-23)13-21-25(22)20(15-24(30)28-21)26(31)27-17-8-10-19(11-9-17)33-18-5-2-1-3-6-18/h1-12,16,20H,13-15H2,(H,27,31)(H,28,30)/t16-,20-/m0/s1. The number of rotatable bonds is 5. The molecule has 7 heteroatoms. The first-order chi connectivity index (χ1) is 16.1. The number of anilines is 1. The Labute approximate surface area is 190 Å². The second-order valence-corrected chi connectivity index (χ2v) is 8.17. The molecule has 2 aromatic carbocycles. The normalized spacial score (nSPS) is 20.1. The van der Waals surface area contributed by atoms with Gasteiger partial charge < -0.3 is 19.8 Å². The first kappa shape index (κ1) is 20.8. The van der Waals surface area contributed by atoms with E-state index in [0.717, 1.165) is 0 Å². The molecule has 1 aliphatic carbocycles. The van der Waals surface area contributed by atoms with Crippen molar-refractivity contribution in [3.05, 3.63) is 90.0 Å². The molecule has 2 amide bonds. The van der Waals surface area contributed by atoms with Crippen molar-refractivity contribution in [3.8, 4) is 11.5 Å². The number of ketones is 1. The lowest BCUT2D eigenvalue weighted by Gasteiger charge is -2.32. The molecule has 0 bridgehead atoms. The number of hydrogen-bond acceptors (Lipinski definition) is 5. The van der Waals surface area contributed by atoms with E-state index in [0.29, 0.717) is 40.6 Å². The van der Waals surface area contributed by atoms with Gasteiger partial charge in [-0.2, -0.15) is 0 Å². The van der Waals surface area contributed by atoms with Gasteiger partial charge in [0.2, 0.25) is 11.8 Å². The molecule has 2 aliphatic rings. The molecule has 2 heterocycles. The van der Waals surface area contributed by atoms with Crippen molar-refractivity contribution >= 4 is 23.3 Å². The molecular formula is C26H22N2O5. The Kier molecular flexibility index (Phi) is 5.52. The maximum atomic E-state index is 13.1. The number of para-hydroxylation sites is 1. The molecule has 0 saturated carbocycles. The van der Waals surface area contributed by atoms with Crippen molar-refractivity contribution in [1.29, 1.82) is 0 Å². The molecule has 166 valence electrons. The van der Waals surface area contributed by atoms with E-state index >= 15 is 0 Å². The van der Waals surface area contributed by atoms with Crippen LogP contribution in [-0.2, 0) is 14.4 Å². The fraction of sp³-hybridized carbons (Fsp3) is 0.192. The Hall–Kier alpha value is -4.13. The minimum absolute atomic E-state index is 0.0585. The number of allylic oxidation sites excluding steroid dienone is 1. The van der Waals surface area contributed by atoms with E-state index in [-0.39, 0.29) is 36.4 Å². The van der Waals surface area contributed by atoms with Gasteiger partial charge in [-0.15, -0.1) is 0 Å². The third-order valence-corrected chi connectivity index (χ3v) is 5.90. The van der Waals surface area contributed by atoms with Gasteiger partial charge in [0, 0.05) is 35.7 Å². The molecule has 0 fully saturated rings. The van der Waals surface area contributed by atoms with E-state index in [1.165, 1.54) is 0 Å². The van der Waals surface area contributed by atoms with Crippen LogP contribution in [0.2, 0.25) is 0 Å². The Balaban J connectivity index is 1.31. The topological polar surface area (TPSA) is 97.6 Å². The van der Waals surface area contributed by atoms with Gasteiger partial charge in [-0.1, -0.05) is 18.2 Å². The predicted molar refractivity (Wildman–Crippen MR) is 121 cm³/mol. The molecule has 0 unspecified atom stereocenters. The van der Waals surface area contributed by atoms with Crippen molar-refractivity contribution < 1.29 is 23.5 Å². The van der Waals surface area contributed by atoms with Crippen molar-refractivity contribution in [3.63, 3.8) is 0 Å². The van der Waals surface area contributed by atoms with Gasteiger partial charge in [-0.05, 0) is 55.0 Å². The molecule has 0 radical (unpaired) electrons. The maximum Gasteiger partial charge on any atom is 0.232 e. The largest absolute Gasteiger partial charge is 0.469 e. The van der Waals surface area contributed by atoms with Crippen LogP contribution >= 0.6 is 0 Å². The predicted octanol–water partition coefficient (Wildman–Crippen LogP) is 4.55. The Morgan fingerprint density at radius 3 is 2.39 bits per heavy atom. The minimum atomic E-state index is -0.820. The molecule has 7 nitrogen and oxygen atoms in total. The third kappa shape index (κ3) is 4.43. The molecule has 3 aromatic rings. The Morgan fingerprint density at radius 1 is 0.909 bits per heavy atom. The highest BCUT2D eigenvalue weighted by atomic mass is 16.5. The van der Waals surface area contributed by atoms with E-state index in [4.69, 9.17) is 9.15 Å². The summed E-state index contributed by atoms with van der Waals surface area (Å²) < 4.78 is 11.2. The van der Waals surface area contributed by atoms with Gasteiger partial charge in [-0.3, -0.25) is 14.4 Å². The van der Waals surface area contributed by atoms with E-state index in [1.807, 2.05) is 36.4 Å². The smallest absolute Gasteiger partial charge is 0.232 e. The second-order valence-electron chi connectivity index (χ2n) is 8.17. The third-order valence-electron chi connectivity index (χ3n) is 5.90. The van der Waals surface area contributed by atoms with Gasteiger partial charge in [0.25, 0.3) is 0 Å². The number of hydrogen-bond donors (Lipinski definition) is 2. The SMILES string of the molecule is O=C1C[C@H](C(=O)Nc2ccc(Oc3ccccc3)cc2)C2=C(C[C@H](c3ccco3)CC2=O)N1. The summed E-state index contributed by atoms with van der Waals surface area (Å²) in [6.07, 6.45) is 2.21. The van der Waals surface area contributed by atoms with Crippen LogP contribution in [0.15, 0.2) is 88.7 Å². The molecule has 5 rings (SSSR count). The van der Waals surface area contributed by atoms with Gasteiger partial charge in [0.15, 0.2) is 5.78 Å². The minimum Gasteiger partial charge on any atom is -0.469 e. The zero-order chi connectivity index (χ0) is 22.8. The summed E-state index contributed by atoms with van der Waals surface area (Å²) in [5.74, 6) is 0.299. The maximum absolute atomic E-state index is 13.1. The van der Waals surface area contributed by atoms with E-state index in [1.54, 1.807) is 36.6 Å². The average Bonchev–Trinajstić information content (AvgIpc) is 3.35. The van der Waals surface area contributed by atoms with Crippen LogP contribution in [-0.4, -0.2) is 17.6 Å². The Morgan fingerprint density at radius 2 is 1.67 bits per heavy atom. The molecule has 2 N–H and O–H groups in total. The van der Waals surface area contributed by atoms with E-state index in [9.17, 15) is 14.4 Å². The molecule has 0 spiro atoms. The molecule has 33 heavy (non-hydrogen) atoms. The molecular weight excluding hydrogens is 420 g/mol. The average molecular weight is 442 g/mol. The fourth-order valence-corrected chi connectivity index (χ4v) is 4.37. The van der Waals surface area contributed by atoms with Crippen LogP contribution < -0.4 is 15.4 Å².